The Morgan fingerprint density at radius 1 is 0.842 bits per heavy atom. The second-order valence-corrected chi connectivity index (χ2v) is 9.91. The van der Waals surface area contributed by atoms with Crippen molar-refractivity contribution in [3.05, 3.63) is 120 Å². The van der Waals surface area contributed by atoms with Crippen LogP contribution in [0.2, 0.25) is 0 Å². The minimum atomic E-state index is -0.503. The first-order valence-electron chi connectivity index (χ1n) is 11.9. The quantitative estimate of drug-likeness (QED) is 0.181. The van der Waals surface area contributed by atoms with Crippen LogP contribution in [0.15, 0.2) is 112 Å². The van der Waals surface area contributed by atoms with Crippen molar-refractivity contribution in [2.75, 3.05) is 10.6 Å². The molecule has 1 unspecified atom stereocenters. The summed E-state index contributed by atoms with van der Waals surface area (Å²) in [6.45, 7) is 3.81. The van der Waals surface area contributed by atoms with Crippen molar-refractivity contribution in [3.63, 3.8) is 0 Å². The molecule has 0 fully saturated rings. The van der Waals surface area contributed by atoms with Crippen LogP contribution in [0.4, 0.5) is 11.4 Å². The summed E-state index contributed by atoms with van der Waals surface area (Å²) in [6, 6.07) is 26.8. The number of benzene rings is 3. The molecule has 8 heteroatoms. The lowest BCUT2D eigenvalue weighted by molar-refractivity contribution is -0.115. The Labute approximate surface area is 225 Å². The zero-order valence-electron chi connectivity index (χ0n) is 20.9. The molecule has 1 aromatic heterocycles. The number of carbonyl (C=O) groups is 3. The fourth-order valence-electron chi connectivity index (χ4n) is 3.50. The molecule has 3 amide bonds. The molecule has 7 nitrogen and oxygen atoms in total. The van der Waals surface area contributed by atoms with Crippen molar-refractivity contribution in [2.45, 2.75) is 24.0 Å². The number of anilines is 2. The van der Waals surface area contributed by atoms with E-state index in [4.69, 9.17) is 4.42 Å². The van der Waals surface area contributed by atoms with E-state index in [1.54, 1.807) is 48.5 Å². The van der Waals surface area contributed by atoms with Gasteiger partial charge in [0.25, 0.3) is 11.8 Å². The molecule has 0 aliphatic rings. The lowest BCUT2D eigenvalue weighted by atomic mass is 10.2. The molecule has 38 heavy (non-hydrogen) atoms. The predicted octanol–water partition coefficient (Wildman–Crippen LogP) is 6.12. The first kappa shape index (κ1) is 26.5. The summed E-state index contributed by atoms with van der Waals surface area (Å²) >= 11 is 1.41. The SMILES string of the molecule is Cc1cccc(NC(=O)C(C)Sc2ccc(NC(=O)/C(=C/c3ccco3)NC(=O)c3ccccc3)cc2)c1. The van der Waals surface area contributed by atoms with Gasteiger partial charge in [0, 0.05) is 27.9 Å². The van der Waals surface area contributed by atoms with Gasteiger partial charge in [0.05, 0.1) is 11.5 Å². The maximum absolute atomic E-state index is 13.1. The van der Waals surface area contributed by atoms with Crippen LogP contribution in [-0.2, 0) is 9.59 Å². The Balaban J connectivity index is 1.39. The molecular formula is C30H27N3O4S. The molecule has 0 saturated carbocycles. The number of furan rings is 1. The van der Waals surface area contributed by atoms with E-state index in [2.05, 4.69) is 16.0 Å². The van der Waals surface area contributed by atoms with Gasteiger partial charge in [-0.05, 0) is 80.1 Å². The van der Waals surface area contributed by atoms with Gasteiger partial charge in [0.15, 0.2) is 0 Å². The highest BCUT2D eigenvalue weighted by molar-refractivity contribution is 8.00. The van der Waals surface area contributed by atoms with E-state index in [9.17, 15) is 14.4 Å². The fourth-order valence-corrected chi connectivity index (χ4v) is 4.37. The summed E-state index contributed by atoms with van der Waals surface area (Å²) in [6.07, 6.45) is 2.95. The average molecular weight is 526 g/mol. The zero-order valence-corrected chi connectivity index (χ0v) is 21.8. The number of thioether (sulfide) groups is 1. The van der Waals surface area contributed by atoms with Crippen molar-refractivity contribution in [1.82, 2.24) is 5.32 Å². The van der Waals surface area contributed by atoms with Crippen LogP contribution >= 0.6 is 11.8 Å². The molecule has 1 atom stereocenters. The molecule has 0 aliphatic heterocycles. The summed E-state index contributed by atoms with van der Waals surface area (Å²) < 4.78 is 5.32. The van der Waals surface area contributed by atoms with Gasteiger partial charge in [-0.25, -0.2) is 0 Å². The Kier molecular flexibility index (Phi) is 8.79. The van der Waals surface area contributed by atoms with Gasteiger partial charge < -0.3 is 20.4 Å². The van der Waals surface area contributed by atoms with Crippen LogP contribution in [0.25, 0.3) is 6.08 Å². The second kappa shape index (κ2) is 12.6. The molecule has 4 aromatic rings. The lowest BCUT2D eigenvalue weighted by Crippen LogP contribution is -2.30. The van der Waals surface area contributed by atoms with Crippen LogP contribution < -0.4 is 16.0 Å². The highest BCUT2D eigenvalue weighted by Gasteiger charge is 2.17. The van der Waals surface area contributed by atoms with Gasteiger partial charge >= 0.3 is 0 Å². The molecule has 1 heterocycles. The molecule has 3 aromatic carbocycles. The molecule has 0 radical (unpaired) electrons. The van der Waals surface area contributed by atoms with E-state index in [1.807, 2.05) is 56.3 Å². The van der Waals surface area contributed by atoms with Crippen LogP contribution in [0.5, 0.6) is 0 Å². The minimum absolute atomic E-state index is 0.0358. The van der Waals surface area contributed by atoms with Crippen LogP contribution in [0, 0.1) is 6.92 Å². The number of rotatable bonds is 9. The van der Waals surface area contributed by atoms with Crippen molar-refractivity contribution >= 4 is 46.9 Å². The Hall–Kier alpha value is -4.56. The largest absolute Gasteiger partial charge is 0.465 e. The minimum Gasteiger partial charge on any atom is -0.465 e. The molecule has 3 N–H and O–H groups in total. The number of nitrogens with one attached hydrogen (secondary N) is 3. The summed E-state index contributed by atoms with van der Waals surface area (Å²) in [5.74, 6) is -0.590. The summed E-state index contributed by atoms with van der Waals surface area (Å²) in [5, 5.41) is 8.07. The van der Waals surface area contributed by atoms with E-state index in [0.717, 1.165) is 16.1 Å². The first-order valence-corrected chi connectivity index (χ1v) is 12.8. The van der Waals surface area contributed by atoms with Crippen molar-refractivity contribution in [2.24, 2.45) is 0 Å². The number of carbonyl (C=O) groups excluding carboxylic acids is 3. The Morgan fingerprint density at radius 3 is 2.29 bits per heavy atom. The highest BCUT2D eigenvalue weighted by atomic mass is 32.2. The molecule has 0 bridgehead atoms. The van der Waals surface area contributed by atoms with E-state index in [0.29, 0.717) is 17.0 Å². The van der Waals surface area contributed by atoms with Crippen LogP contribution in [-0.4, -0.2) is 23.0 Å². The summed E-state index contributed by atoms with van der Waals surface area (Å²) in [4.78, 5) is 39.2. The highest BCUT2D eigenvalue weighted by Crippen LogP contribution is 2.26. The van der Waals surface area contributed by atoms with Crippen LogP contribution in [0.3, 0.4) is 0 Å². The van der Waals surface area contributed by atoms with Crippen molar-refractivity contribution in [1.29, 1.82) is 0 Å². The van der Waals surface area contributed by atoms with E-state index >= 15 is 0 Å². The van der Waals surface area contributed by atoms with Gasteiger partial charge in [0.2, 0.25) is 5.91 Å². The smallest absolute Gasteiger partial charge is 0.272 e. The summed E-state index contributed by atoms with van der Waals surface area (Å²) in [7, 11) is 0. The third-order valence-electron chi connectivity index (χ3n) is 5.44. The number of hydrogen-bond acceptors (Lipinski definition) is 5. The van der Waals surface area contributed by atoms with Crippen molar-refractivity contribution < 1.29 is 18.8 Å². The third-order valence-corrected chi connectivity index (χ3v) is 6.55. The Morgan fingerprint density at radius 2 is 1.61 bits per heavy atom. The van der Waals surface area contributed by atoms with Crippen molar-refractivity contribution in [3.8, 4) is 0 Å². The normalized spacial score (nSPS) is 11.9. The van der Waals surface area contributed by atoms with Gasteiger partial charge in [0.1, 0.15) is 11.5 Å². The zero-order chi connectivity index (χ0) is 26.9. The lowest BCUT2D eigenvalue weighted by Gasteiger charge is -2.13. The molecule has 0 saturated heterocycles. The molecule has 192 valence electrons. The first-order chi connectivity index (χ1) is 18.4. The van der Waals surface area contributed by atoms with Gasteiger partial charge in [-0.2, -0.15) is 0 Å². The number of amides is 3. The topological polar surface area (TPSA) is 100 Å². The monoisotopic (exact) mass is 525 g/mol. The van der Waals surface area contributed by atoms with Gasteiger partial charge in [-0.15, -0.1) is 11.8 Å². The fraction of sp³-hybridized carbons (Fsp3) is 0.100. The third kappa shape index (κ3) is 7.47. The standard InChI is InChI=1S/C30H27N3O4S/c1-20-8-6-11-24(18-20)32-28(34)21(2)38-26-15-13-23(14-16-26)31-30(36)27(19-25-12-7-17-37-25)33-29(35)22-9-4-3-5-10-22/h3-19,21H,1-2H3,(H,31,36)(H,32,34)(H,33,35)/b27-19-. The van der Waals surface area contributed by atoms with E-state index in [-0.39, 0.29) is 16.9 Å². The predicted molar refractivity (Wildman–Crippen MR) is 151 cm³/mol. The van der Waals surface area contributed by atoms with Gasteiger partial charge in [-0.1, -0.05) is 30.3 Å². The molecule has 0 aliphatic carbocycles. The van der Waals surface area contributed by atoms with E-state index in [1.165, 1.54) is 24.1 Å². The maximum atomic E-state index is 13.1. The molecule has 4 rings (SSSR count). The van der Waals surface area contributed by atoms with Crippen LogP contribution in [0.1, 0.15) is 28.6 Å². The Bertz CT molecular complexity index is 1430. The molecule has 0 spiro atoms. The second-order valence-electron chi connectivity index (χ2n) is 8.49. The van der Waals surface area contributed by atoms with E-state index < -0.39 is 11.8 Å². The van der Waals surface area contributed by atoms with Gasteiger partial charge in [-0.3, -0.25) is 14.4 Å². The number of hydrogen-bond donors (Lipinski definition) is 3. The average Bonchev–Trinajstić information content (AvgIpc) is 3.43. The number of aryl methyl sites for hydroxylation is 1. The maximum Gasteiger partial charge on any atom is 0.272 e. The summed E-state index contributed by atoms with van der Waals surface area (Å²) in [5.41, 5.74) is 2.83. The molecular weight excluding hydrogens is 498 g/mol.